The first-order chi connectivity index (χ1) is 9.59. The summed E-state index contributed by atoms with van der Waals surface area (Å²) in [6.07, 6.45) is 1.91. The van der Waals surface area contributed by atoms with E-state index in [-0.39, 0.29) is 17.4 Å². The van der Waals surface area contributed by atoms with E-state index in [1.54, 1.807) is 12.1 Å². The molecule has 1 rings (SSSR count). The summed E-state index contributed by atoms with van der Waals surface area (Å²) >= 11 is 0. The average molecular weight is 281 g/mol. The van der Waals surface area contributed by atoms with Crippen LogP contribution in [0.1, 0.15) is 52.1 Å². The summed E-state index contributed by atoms with van der Waals surface area (Å²) in [6, 6.07) is 6.64. The zero-order chi connectivity index (χ0) is 15.2. The van der Waals surface area contributed by atoms with Gasteiger partial charge in [-0.15, -0.1) is 0 Å². The van der Waals surface area contributed by atoms with Crippen LogP contribution < -0.4 is 11.3 Å². The molecule has 20 heavy (non-hydrogen) atoms. The molecule has 0 aromatic heterocycles. The van der Waals surface area contributed by atoms with Gasteiger partial charge in [-0.3, -0.25) is 16.2 Å². The molecule has 0 heterocycles. The van der Waals surface area contributed by atoms with Crippen molar-refractivity contribution in [2.24, 2.45) is 5.84 Å². The number of nitrogens with zero attached hydrogens (tertiary/aromatic N) is 1. The molecule has 0 aliphatic carbocycles. The third-order valence-corrected chi connectivity index (χ3v) is 4.50. The molecule has 1 aromatic carbocycles. The predicted octanol–water partition coefficient (Wildman–Crippen LogP) is 3.23. The maximum absolute atomic E-state index is 13.5. The molecule has 0 radical (unpaired) electrons. The van der Waals surface area contributed by atoms with Crippen LogP contribution in [-0.2, 0) is 0 Å². The van der Waals surface area contributed by atoms with Crippen molar-refractivity contribution in [3.05, 3.63) is 35.6 Å². The quantitative estimate of drug-likeness (QED) is 0.568. The fourth-order valence-corrected chi connectivity index (χ4v) is 3.39. The summed E-state index contributed by atoms with van der Waals surface area (Å²) in [6.45, 7) is 10.6. The van der Waals surface area contributed by atoms with Crippen LogP contribution in [0.25, 0.3) is 0 Å². The number of likely N-dealkylation sites (N-methyl/N-ethyl adjacent to an activating group) is 1. The second-order valence-corrected chi connectivity index (χ2v) is 5.14. The Balaban J connectivity index is 3.28. The number of hydrazine groups is 1. The number of hydrogen-bond acceptors (Lipinski definition) is 3. The maximum Gasteiger partial charge on any atom is 0.123 e. The third kappa shape index (κ3) is 3.19. The van der Waals surface area contributed by atoms with Gasteiger partial charge in [0.25, 0.3) is 0 Å². The topological polar surface area (TPSA) is 41.3 Å². The monoisotopic (exact) mass is 281 g/mol. The van der Waals surface area contributed by atoms with Crippen LogP contribution in [-0.4, -0.2) is 23.5 Å². The molecule has 4 heteroatoms. The lowest BCUT2D eigenvalue weighted by Crippen LogP contribution is -2.57. The van der Waals surface area contributed by atoms with Gasteiger partial charge in [0.05, 0.1) is 6.04 Å². The standard InChI is InChI=1S/C16H28FN3/c1-5-16(6-2,20(7-3)8-4)15(19-18)13-10-9-11-14(17)12-13/h9-12,15,19H,5-8,18H2,1-4H3. The van der Waals surface area contributed by atoms with Crippen molar-refractivity contribution in [2.75, 3.05) is 13.1 Å². The molecule has 0 saturated carbocycles. The minimum Gasteiger partial charge on any atom is -0.296 e. The van der Waals surface area contributed by atoms with Gasteiger partial charge < -0.3 is 0 Å². The van der Waals surface area contributed by atoms with Gasteiger partial charge in [0.15, 0.2) is 0 Å². The van der Waals surface area contributed by atoms with Crippen LogP contribution in [0.4, 0.5) is 4.39 Å². The van der Waals surface area contributed by atoms with Crippen LogP contribution in [0, 0.1) is 5.82 Å². The fourth-order valence-electron chi connectivity index (χ4n) is 3.39. The summed E-state index contributed by atoms with van der Waals surface area (Å²) < 4.78 is 13.5. The Morgan fingerprint density at radius 2 is 1.80 bits per heavy atom. The minimum atomic E-state index is -0.219. The van der Waals surface area contributed by atoms with Gasteiger partial charge in [0.2, 0.25) is 0 Å². The number of benzene rings is 1. The van der Waals surface area contributed by atoms with Crippen molar-refractivity contribution < 1.29 is 4.39 Å². The lowest BCUT2D eigenvalue weighted by Gasteiger charge is -2.47. The summed E-state index contributed by atoms with van der Waals surface area (Å²) in [5.41, 5.74) is 3.73. The van der Waals surface area contributed by atoms with E-state index >= 15 is 0 Å². The molecule has 0 saturated heterocycles. The Labute approximate surface area is 122 Å². The molecule has 3 N–H and O–H groups in total. The van der Waals surface area contributed by atoms with E-state index in [1.807, 2.05) is 6.07 Å². The summed E-state index contributed by atoms with van der Waals surface area (Å²) in [5.74, 6) is 5.62. The molecule has 0 amide bonds. The van der Waals surface area contributed by atoms with E-state index in [9.17, 15) is 4.39 Å². The summed E-state index contributed by atoms with van der Waals surface area (Å²) in [4.78, 5) is 2.42. The number of halogens is 1. The highest BCUT2D eigenvalue weighted by molar-refractivity contribution is 5.24. The Kier molecular flexibility index (Phi) is 6.59. The van der Waals surface area contributed by atoms with Crippen molar-refractivity contribution in [1.29, 1.82) is 0 Å². The summed E-state index contributed by atoms with van der Waals surface area (Å²) in [5, 5.41) is 0. The third-order valence-electron chi connectivity index (χ3n) is 4.50. The van der Waals surface area contributed by atoms with Crippen molar-refractivity contribution in [3.8, 4) is 0 Å². The second kappa shape index (κ2) is 7.72. The fraction of sp³-hybridized carbons (Fsp3) is 0.625. The lowest BCUT2D eigenvalue weighted by molar-refractivity contribution is 0.0486. The van der Waals surface area contributed by atoms with Gasteiger partial charge in [0, 0.05) is 5.54 Å². The van der Waals surface area contributed by atoms with E-state index in [2.05, 4.69) is 38.0 Å². The Bertz CT molecular complexity index is 400. The Morgan fingerprint density at radius 1 is 1.20 bits per heavy atom. The highest BCUT2D eigenvalue weighted by Crippen LogP contribution is 2.37. The normalized spacial score (nSPS) is 13.8. The zero-order valence-electron chi connectivity index (χ0n) is 13.1. The largest absolute Gasteiger partial charge is 0.296 e. The first-order valence-electron chi connectivity index (χ1n) is 7.56. The molecule has 3 nitrogen and oxygen atoms in total. The lowest BCUT2D eigenvalue weighted by atomic mass is 9.79. The summed E-state index contributed by atoms with van der Waals surface area (Å²) in [7, 11) is 0. The highest BCUT2D eigenvalue weighted by Gasteiger charge is 2.40. The van der Waals surface area contributed by atoms with Crippen LogP contribution in [0.2, 0.25) is 0 Å². The molecular weight excluding hydrogens is 253 g/mol. The molecule has 1 aromatic rings. The Hall–Kier alpha value is -0.970. The van der Waals surface area contributed by atoms with Crippen molar-refractivity contribution >= 4 is 0 Å². The van der Waals surface area contributed by atoms with E-state index in [1.165, 1.54) is 6.07 Å². The van der Waals surface area contributed by atoms with Gasteiger partial charge in [-0.2, -0.15) is 0 Å². The first-order valence-corrected chi connectivity index (χ1v) is 7.56. The molecule has 0 aliphatic rings. The number of rotatable bonds is 8. The smallest absolute Gasteiger partial charge is 0.123 e. The van der Waals surface area contributed by atoms with E-state index < -0.39 is 0 Å². The average Bonchev–Trinajstić information content (AvgIpc) is 2.47. The van der Waals surface area contributed by atoms with Crippen molar-refractivity contribution in [3.63, 3.8) is 0 Å². The van der Waals surface area contributed by atoms with Gasteiger partial charge >= 0.3 is 0 Å². The van der Waals surface area contributed by atoms with Crippen LogP contribution in [0.15, 0.2) is 24.3 Å². The molecule has 1 unspecified atom stereocenters. The van der Waals surface area contributed by atoms with Gasteiger partial charge in [-0.1, -0.05) is 39.8 Å². The first kappa shape index (κ1) is 17.1. The molecule has 1 atom stereocenters. The predicted molar refractivity (Wildman–Crippen MR) is 82.7 cm³/mol. The molecule has 0 fully saturated rings. The Morgan fingerprint density at radius 3 is 2.20 bits per heavy atom. The van der Waals surface area contributed by atoms with Crippen molar-refractivity contribution in [1.82, 2.24) is 10.3 Å². The van der Waals surface area contributed by atoms with E-state index in [0.717, 1.165) is 31.5 Å². The van der Waals surface area contributed by atoms with Crippen LogP contribution >= 0.6 is 0 Å². The molecule has 0 bridgehead atoms. The molecular formula is C16H28FN3. The molecule has 114 valence electrons. The van der Waals surface area contributed by atoms with Crippen LogP contribution in [0.5, 0.6) is 0 Å². The minimum absolute atomic E-state index is 0.0897. The van der Waals surface area contributed by atoms with Gasteiger partial charge in [0.1, 0.15) is 5.82 Å². The van der Waals surface area contributed by atoms with Gasteiger partial charge in [-0.05, 0) is 43.6 Å². The number of nitrogens with two attached hydrogens (primary N) is 1. The highest BCUT2D eigenvalue weighted by atomic mass is 19.1. The SMILES string of the molecule is CCN(CC)C(CC)(CC)C(NN)c1cccc(F)c1. The van der Waals surface area contributed by atoms with Crippen molar-refractivity contribution in [2.45, 2.75) is 52.1 Å². The number of hydrogen-bond donors (Lipinski definition) is 2. The van der Waals surface area contributed by atoms with Gasteiger partial charge in [-0.25, -0.2) is 4.39 Å². The molecule has 0 aliphatic heterocycles. The number of nitrogens with one attached hydrogen (secondary N) is 1. The second-order valence-electron chi connectivity index (χ2n) is 5.14. The molecule has 0 spiro atoms. The zero-order valence-corrected chi connectivity index (χ0v) is 13.1. The van der Waals surface area contributed by atoms with E-state index in [4.69, 9.17) is 5.84 Å². The van der Waals surface area contributed by atoms with Crippen LogP contribution in [0.3, 0.4) is 0 Å². The maximum atomic E-state index is 13.5. The van der Waals surface area contributed by atoms with E-state index in [0.29, 0.717) is 0 Å².